The molecule has 2 fully saturated rings. The summed E-state index contributed by atoms with van der Waals surface area (Å²) in [4.78, 5) is 21.2. The Kier molecular flexibility index (Phi) is 7.66. The van der Waals surface area contributed by atoms with Gasteiger partial charge in [0.15, 0.2) is 5.82 Å². The summed E-state index contributed by atoms with van der Waals surface area (Å²) in [6.45, 7) is 0. The van der Waals surface area contributed by atoms with Crippen LogP contribution in [0, 0.1) is 0 Å². The van der Waals surface area contributed by atoms with Crippen molar-refractivity contribution in [1.82, 2.24) is 25.5 Å². The van der Waals surface area contributed by atoms with Crippen LogP contribution in [0.4, 0.5) is 41.2 Å². The van der Waals surface area contributed by atoms with Crippen LogP contribution in [0.15, 0.2) is 42.6 Å². The number of rotatable bonds is 7. The zero-order valence-electron chi connectivity index (χ0n) is 20.8. The van der Waals surface area contributed by atoms with Gasteiger partial charge < -0.3 is 21.3 Å². The van der Waals surface area contributed by atoms with Gasteiger partial charge >= 0.3 is 12.2 Å². The molecule has 2 amide bonds. The number of urea groups is 1. The molecule has 0 spiro atoms. The Labute approximate surface area is 218 Å². The van der Waals surface area contributed by atoms with Crippen LogP contribution >= 0.6 is 0 Å². The van der Waals surface area contributed by atoms with E-state index in [4.69, 9.17) is 0 Å². The molecule has 0 aliphatic heterocycles. The number of benzene rings is 1. The maximum atomic E-state index is 12.9. The third kappa shape index (κ3) is 6.73. The van der Waals surface area contributed by atoms with Gasteiger partial charge in [0.05, 0.1) is 5.56 Å². The fourth-order valence-corrected chi connectivity index (χ4v) is 5.17. The van der Waals surface area contributed by atoms with Gasteiger partial charge in [-0.1, -0.05) is 18.9 Å². The van der Waals surface area contributed by atoms with Gasteiger partial charge in [-0.3, -0.25) is 5.10 Å². The molecule has 2 heterocycles. The standard InChI is InChI=1S/C26H31F3N8O/c27-26(28,29)17-6-3-7-20(14-17)33-25(38)32-19-10-8-18(9-11-19)31-24-30-13-12-22(35-24)34-23-15-21(36-37-23)16-4-1-2-5-16/h3,6-7,12-16,18-19H,1-2,4-5,8-11H2,(H2,32,33,38)(H3,30,31,34,35,36,37)/t18-,19+. The Hall–Kier alpha value is -3.83. The maximum absolute atomic E-state index is 12.9. The quantitative estimate of drug-likeness (QED) is 0.250. The Balaban J connectivity index is 1.08. The summed E-state index contributed by atoms with van der Waals surface area (Å²) >= 11 is 0. The van der Waals surface area contributed by atoms with Gasteiger partial charge in [0.2, 0.25) is 5.95 Å². The number of hydrogen-bond donors (Lipinski definition) is 5. The van der Waals surface area contributed by atoms with Gasteiger partial charge in [0, 0.05) is 41.6 Å². The summed E-state index contributed by atoms with van der Waals surface area (Å²) < 4.78 is 38.7. The van der Waals surface area contributed by atoms with Crippen molar-refractivity contribution in [1.29, 1.82) is 0 Å². The normalized spacial score (nSPS) is 20.2. The minimum Gasteiger partial charge on any atom is -0.351 e. The first-order valence-corrected chi connectivity index (χ1v) is 13.0. The van der Waals surface area contributed by atoms with Crippen molar-refractivity contribution in [2.24, 2.45) is 0 Å². The molecular formula is C26H31F3N8O. The Bertz CT molecular complexity index is 1230. The summed E-state index contributed by atoms with van der Waals surface area (Å²) in [5, 5.41) is 19.5. The smallest absolute Gasteiger partial charge is 0.351 e. The summed E-state index contributed by atoms with van der Waals surface area (Å²) in [6.07, 6.45) is 5.18. The number of carbonyl (C=O) groups excluding carboxylic acids is 1. The number of alkyl halides is 3. The van der Waals surface area contributed by atoms with E-state index in [9.17, 15) is 18.0 Å². The fraction of sp³-hybridized carbons (Fsp3) is 0.462. The molecule has 2 aliphatic carbocycles. The minimum absolute atomic E-state index is 0.0681. The molecule has 0 bridgehead atoms. The zero-order chi connectivity index (χ0) is 26.5. The number of anilines is 4. The molecule has 0 atom stereocenters. The van der Waals surface area contributed by atoms with E-state index < -0.39 is 17.8 Å². The van der Waals surface area contributed by atoms with Crippen LogP contribution in [-0.2, 0) is 6.18 Å². The number of aromatic amines is 1. The number of nitrogens with zero attached hydrogens (tertiary/aromatic N) is 3. The van der Waals surface area contributed by atoms with Crippen LogP contribution in [0.5, 0.6) is 0 Å². The van der Waals surface area contributed by atoms with Crippen LogP contribution in [0.25, 0.3) is 0 Å². The molecule has 5 rings (SSSR count). The maximum Gasteiger partial charge on any atom is 0.416 e. The molecule has 202 valence electrons. The van der Waals surface area contributed by atoms with E-state index in [1.54, 1.807) is 12.3 Å². The summed E-state index contributed by atoms with van der Waals surface area (Å²) in [6, 6.07) is 7.99. The van der Waals surface area contributed by atoms with Crippen LogP contribution in [0.2, 0.25) is 0 Å². The number of nitrogens with one attached hydrogen (secondary N) is 5. The first-order chi connectivity index (χ1) is 18.3. The van der Waals surface area contributed by atoms with Crippen LogP contribution in [0.3, 0.4) is 0 Å². The first-order valence-electron chi connectivity index (χ1n) is 13.0. The third-order valence-electron chi connectivity index (χ3n) is 7.15. The highest BCUT2D eigenvalue weighted by Crippen LogP contribution is 2.34. The molecule has 2 aromatic heterocycles. The number of H-pyrrole nitrogens is 1. The highest BCUT2D eigenvalue weighted by molar-refractivity contribution is 5.89. The molecule has 0 saturated heterocycles. The van der Waals surface area contributed by atoms with E-state index in [-0.39, 0.29) is 17.8 Å². The van der Waals surface area contributed by atoms with E-state index in [0.29, 0.717) is 17.7 Å². The van der Waals surface area contributed by atoms with E-state index in [1.807, 2.05) is 6.07 Å². The number of halogens is 3. The highest BCUT2D eigenvalue weighted by Gasteiger charge is 2.30. The van der Waals surface area contributed by atoms with Gasteiger partial charge in [0.25, 0.3) is 0 Å². The number of amides is 2. The number of aromatic nitrogens is 4. The lowest BCUT2D eigenvalue weighted by molar-refractivity contribution is -0.137. The van der Waals surface area contributed by atoms with Crippen molar-refractivity contribution in [2.75, 3.05) is 16.0 Å². The Morgan fingerprint density at radius 2 is 1.71 bits per heavy atom. The molecule has 0 unspecified atom stereocenters. The van der Waals surface area contributed by atoms with Crippen molar-refractivity contribution in [3.05, 3.63) is 53.9 Å². The van der Waals surface area contributed by atoms with Crippen molar-refractivity contribution in [2.45, 2.75) is 75.5 Å². The van der Waals surface area contributed by atoms with Crippen molar-refractivity contribution >= 4 is 29.3 Å². The summed E-state index contributed by atoms with van der Waals surface area (Å²) in [5.74, 6) is 2.44. The largest absolute Gasteiger partial charge is 0.416 e. The second-order valence-corrected chi connectivity index (χ2v) is 9.95. The molecule has 3 aromatic rings. The van der Waals surface area contributed by atoms with Crippen molar-refractivity contribution in [3.8, 4) is 0 Å². The lowest BCUT2D eigenvalue weighted by atomic mass is 9.91. The van der Waals surface area contributed by atoms with E-state index in [0.717, 1.165) is 49.3 Å². The fourth-order valence-electron chi connectivity index (χ4n) is 5.17. The molecule has 9 nitrogen and oxygen atoms in total. The monoisotopic (exact) mass is 528 g/mol. The van der Waals surface area contributed by atoms with Crippen molar-refractivity contribution < 1.29 is 18.0 Å². The average molecular weight is 529 g/mol. The Morgan fingerprint density at radius 1 is 0.947 bits per heavy atom. The molecule has 0 radical (unpaired) electrons. The van der Waals surface area contributed by atoms with Gasteiger partial charge in [-0.2, -0.15) is 23.3 Å². The number of carbonyl (C=O) groups is 1. The molecule has 2 saturated carbocycles. The lowest BCUT2D eigenvalue weighted by Crippen LogP contribution is -2.42. The van der Waals surface area contributed by atoms with E-state index >= 15 is 0 Å². The number of hydrogen-bond acceptors (Lipinski definition) is 6. The molecule has 2 aliphatic rings. The lowest BCUT2D eigenvalue weighted by Gasteiger charge is -2.29. The predicted molar refractivity (Wildman–Crippen MR) is 138 cm³/mol. The van der Waals surface area contributed by atoms with Gasteiger partial charge in [-0.25, -0.2) is 9.78 Å². The van der Waals surface area contributed by atoms with Crippen LogP contribution in [-0.4, -0.2) is 38.3 Å². The average Bonchev–Trinajstić information content (AvgIpc) is 3.58. The molecule has 1 aromatic carbocycles. The first kappa shape index (κ1) is 25.8. The summed E-state index contributed by atoms with van der Waals surface area (Å²) in [7, 11) is 0. The molecule has 38 heavy (non-hydrogen) atoms. The zero-order valence-corrected chi connectivity index (χ0v) is 20.8. The minimum atomic E-state index is -4.46. The summed E-state index contributed by atoms with van der Waals surface area (Å²) in [5.41, 5.74) is 0.454. The highest BCUT2D eigenvalue weighted by atomic mass is 19.4. The molecular weight excluding hydrogens is 497 g/mol. The van der Waals surface area contributed by atoms with Gasteiger partial charge in [-0.05, 0) is 62.8 Å². The second kappa shape index (κ2) is 11.3. The van der Waals surface area contributed by atoms with E-state index in [1.165, 1.54) is 37.8 Å². The third-order valence-corrected chi connectivity index (χ3v) is 7.15. The topological polar surface area (TPSA) is 120 Å². The van der Waals surface area contributed by atoms with Crippen LogP contribution in [0.1, 0.15) is 68.5 Å². The SMILES string of the molecule is O=C(Nc1cccc(C(F)(F)F)c1)N[C@H]1CC[C@@H](Nc2nccc(Nc3cc(C4CCCC4)[nH]n3)n2)CC1. The Morgan fingerprint density at radius 3 is 2.47 bits per heavy atom. The van der Waals surface area contributed by atoms with E-state index in [2.05, 4.69) is 41.4 Å². The van der Waals surface area contributed by atoms with Gasteiger partial charge in [-0.15, -0.1) is 0 Å². The second-order valence-electron chi connectivity index (χ2n) is 9.95. The predicted octanol–water partition coefficient (Wildman–Crippen LogP) is 6.16. The van der Waals surface area contributed by atoms with Crippen LogP contribution < -0.4 is 21.3 Å². The van der Waals surface area contributed by atoms with Gasteiger partial charge in [0.1, 0.15) is 5.82 Å². The molecule has 5 N–H and O–H groups in total. The van der Waals surface area contributed by atoms with Crippen molar-refractivity contribution in [3.63, 3.8) is 0 Å². The molecule has 12 heteroatoms.